The molecule has 4 heteroatoms. The first-order valence-electron chi connectivity index (χ1n) is 7.10. The van der Waals surface area contributed by atoms with Gasteiger partial charge in [0.2, 0.25) is 5.91 Å². The van der Waals surface area contributed by atoms with Crippen molar-refractivity contribution in [3.8, 4) is 0 Å². The van der Waals surface area contributed by atoms with Gasteiger partial charge in [0.15, 0.2) is 0 Å². The Labute approximate surface area is 130 Å². The fourth-order valence-electron chi connectivity index (χ4n) is 1.93. The highest BCUT2D eigenvalue weighted by Gasteiger charge is 2.02. The fraction of sp³-hybridized carbons (Fsp3) is 0.235. The highest BCUT2D eigenvalue weighted by Crippen LogP contribution is 2.21. The lowest BCUT2D eigenvalue weighted by atomic mass is 10.2. The third-order valence-electron chi connectivity index (χ3n) is 3.04. The lowest BCUT2D eigenvalue weighted by Gasteiger charge is -2.09. The molecule has 0 aliphatic carbocycles. The predicted molar refractivity (Wildman–Crippen MR) is 89.3 cm³/mol. The SMILES string of the molecule is CCCCC(=O)Nc1ccc(Nc2cccc(Cl)c2)cc1. The molecule has 0 atom stereocenters. The van der Waals surface area contributed by atoms with Crippen LogP contribution in [0.2, 0.25) is 5.02 Å². The Morgan fingerprint density at radius 1 is 1.05 bits per heavy atom. The summed E-state index contributed by atoms with van der Waals surface area (Å²) in [4.78, 5) is 11.6. The normalized spacial score (nSPS) is 10.2. The quantitative estimate of drug-likeness (QED) is 0.769. The average Bonchev–Trinajstić information content (AvgIpc) is 2.47. The van der Waals surface area contributed by atoms with Crippen molar-refractivity contribution in [2.24, 2.45) is 0 Å². The minimum atomic E-state index is 0.0624. The monoisotopic (exact) mass is 302 g/mol. The Morgan fingerprint density at radius 3 is 2.43 bits per heavy atom. The van der Waals surface area contributed by atoms with Crippen LogP contribution >= 0.6 is 11.6 Å². The van der Waals surface area contributed by atoms with Crippen molar-refractivity contribution in [2.45, 2.75) is 26.2 Å². The highest BCUT2D eigenvalue weighted by molar-refractivity contribution is 6.30. The van der Waals surface area contributed by atoms with E-state index in [0.29, 0.717) is 11.4 Å². The molecule has 1 amide bonds. The first kappa shape index (κ1) is 15.4. The van der Waals surface area contributed by atoms with Crippen LogP contribution in [0.3, 0.4) is 0 Å². The van der Waals surface area contributed by atoms with E-state index in [4.69, 9.17) is 11.6 Å². The van der Waals surface area contributed by atoms with E-state index in [1.807, 2.05) is 48.5 Å². The van der Waals surface area contributed by atoms with Gasteiger partial charge in [0.25, 0.3) is 0 Å². The van der Waals surface area contributed by atoms with Gasteiger partial charge in [0, 0.05) is 28.5 Å². The molecule has 0 aromatic heterocycles. The number of hydrogen-bond acceptors (Lipinski definition) is 2. The second-order valence-corrected chi connectivity index (χ2v) is 5.30. The molecule has 0 bridgehead atoms. The van der Waals surface area contributed by atoms with Gasteiger partial charge >= 0.3 is 0 Å². The second kappa shape index (κ2) is 7.70. The second-order valence-electron chi connectivity index (χ2n) is 4.86. The predicted octanol–water partition coefficient (Wildman–Crippen LogP) is 5.21. The largest absolute Gasteiger partial charge is 0.355 e. The first-order valence-corrected chi connectivity index (χ1v) is 7.47. The van der Waals surface area contributed by atoms with E-state index < -0.39 is 0 Å². The number of carbonyl (C=O) groups is 1. The third-order valence-corrected chi connectivity index (χ3v) is 3.27. The minimum Gasteiger partial charge on any atom is -0.355 e. The van der Waals surface area contributed by atoms with E-state index in [-0.39, 0.29) is 5.91 Å². The van der Waals surface area contributed by atoms with Crippen LogP contribution in [0, 0.1) is 0 Å². The summed E-state index contributed by atoms with van der Waals surface area (Å²) < 4.78 is 0. The standard InChI is InChI=1S/C17H19ClN2O/c1-2-3-7-17(21)20-15-10-8-14(9-11-15)19-16-6-4-5-13(18)12-16/h4-6,8-12,19H,2-3,7H2,1H3,(H,20,21). The topological polar surface area (TPSA) is 41.1 Å². The van der Waals surface area contributed by atoms with Gasteiger partial charge in [-0.15, -0.1) is 0 Å². The summed E-state index contributed by atoms with van der Waals surface area (Å²) in [7, 11) is 0. The van der Waals surface area contributed by atoms with E-state index in [2.05, 4.69) is 17.6 Å². The van der Waals surface area contributed by atoms with E-state index in [0.717, 1.165) is 29.9 Å². The maximum absolute atomic E-state index is 11.6. The molecule has 2 aromatic carbocycles. The van der Waals surface area contributed by atoms with Crippen LogP contribution in [0.5, 0.6) is 0 Å². The van der Waals surface area contributed by atoms with Gasteiger partial charge in [0.05, 0.1) is 0 Å². The molecule has 0 heterocycles. The summed E-state index contributed by atoms with van der Waals surface area (Å²) in [5, 5.41) is 6.85. The van der Waals surface area contributed by atoms with Crippen LogP contribution < -0.4 is 10.6 Å². The zero-order chi connectivity index (χ0) is 15.1. The Balaban J connectivity index is 1.94. The van der Waals surface area contributed by atoms with Gasteiger partial charge < -0.3 is 10.6 Å². The summed E-state index contributed by atoms with van der Waals surface area (Å²) in [5.74, 6) is 0.0624. The number of halogens is 1. The van der Waals surface area contributed by atoms with Gasteiger partial charge in [-0.25, -0.2) is 0 Å². The zero-order valence-electron chi connectivity index (χ0n) is 12.0. The molecule has 0 saturated heterocycles. The number of unbranched alkanes of at least 4 members (excludes halogenated alkanes) is 1. The Morgan fingerprint density at radius 2 is 1.76 bits per heavy atom. The molecule has 0 unspecified atom stereocenters. The van der Waals surface area contributed by atoms with Crippen molar-refractivity contribution in [1.82, 2.24) is 0 Å². The number of benzene rings is 2. The van der Waals surface area contributed by atoms with Gasteiger partial charge in [-0.1, -0.05) is 31.0 Å². The van der Waals surface area contributed by atoms with Gasteiger partial charge in [-0.05, 0) is 48.9 Å². The summed E-state index contributed by atoms with van der Waals surface area (Å²) in [6.07, 6.45) is 2.51. The van der Waals surface area contributed by atoms with Crippen LogP contribution in [0.15, 0.2) is 48.5 Å². The number of rotatable bonds is 6. The molecule has 110 valence electrons. The van der Waals surface area contributed by atoms with Crippen LogP contribution in [0.4, 0.5) is 17.1 Å². The molecule has 0 fully saturated rings. The maximum Gasteiger partial charge on any atom is 0.224 e. The highest BCUT2D eigenvalue weighted by atomic mass is 35.5. The first-order chi connectivity index (χ1) is 10.2. The van der Waals surface area contributed by atoms with E-state index >= 15 is 0 Å². The van der Waals surface area contributed by atoms with Crippen molar-refractivity contribution in [3.63, 3.8) is 0 Å². The molecule has 0 radical (unpaired) electrons. The van der Waals surface area contributed by atoms with Crippen molar-refractivity contribution in [3.05, 3.63) is 53.6 Å². The molecule has 0 spiro atoms. The van der Waals surface area contributed by atoms with Crippen LogP contribution in [-0.4, -0.2) is 5.91 Å². The average molecular weight is 303 g/mol. The molecule has 0 saturated carbocycles. The molecular weight excluding hydrogens is 284 g/mol. The van der Waals surface area contributed by atoms with Crippen molar-refractivity contribution >= 4 is 34.6 Å². The number of amides is 1. The van der Waals surface area contributed by atoms with E-state index in [9.17, 15) is 4.79 Å². The number of nitrogens with one attached hydrogen (secondary N) is 2. The van der Waals surface area contributed by atoms with Crippen molar-refractivity contribution in [2.75, 3.05) is 10.6 Å². The summed E-state index contributed by atoms with van der Waals surface area (Å²) in [5.41, 5.74) is 2.69. The molecule has 21 heavy (non-hydrogen) atoms. The molecule has 3 nitrogen and oxygen atoms in total. The summed E-state index contributed by atoms with van der Waals surface area (Å²) in [6, 6.07) is 15.2. The maximum atomic E-state index is 11.6. The van der Waals surface area contributed by atoms with Crippen molar-refractivity contribution in [1.29, 1.82) is 0 Å². The third kappa shape index (κ3) is 5.12. The van der Waals surface area contributed by atoms with Crippen LogP contribution in [0.1, 0.15) is 26.2 Å². The van der Waals surface area contributed by atoms with Crippen LogP contribution in [-0.2, 0) is 4.79 Å². The number of anilines is 3. The summed E-state index contributed by atoms with van der Waals surface area (Å²) in [6.45, 7) is 2.07. The Kier molecular flexibility index (Phi) is 5.64. The molecule has 2 N–H and O–H groups in total. The van der Waals surface area contributed by atoms with E-state index in [1.165, 1.54) is 0 Å². The van der Waals surface area contributed by atoms with Gasteiger partial charge in [-0.2, -0.15) is 0 Å². The molecule has 2 rings (SSSR count). The lowest BCUT2D eigenvalue weighted by Crippen LogP contribution is -2.10. The zero-order valence-corrected chi connectivity index (χ0v) is 12.8. The van der Waals surface area contributed by atoms with E-state index in [1.54, 1.807) is 0 Å². The van der Waals surface area contributed by atoms with Crippen LogP contribution in [0.25, 0.3) is 0 Å². The smallest absolute Gasteiger partial charge is 0.224 e. The molecule has 2 aromatic rings. The summed E-state index contributed by atoms with van der Waals surface area (Å²) >= 11 is 5.95. The minimum absolute atomic E-state index is 0.0624. The fourth-order valence-corrected chi connectivity index (χ4v) is 2.12. The number of hydrogen-bond donors (Lipinski definition) is 2. The Hall–Kier alpha value is -2.00. The lowest BCUT2D eigenvalue weighted by molar-refractivity contribution is -0.116. The molecule has 0 aliphatic rings. The molecular formula is C17H19ClN2O. The van der Waals surface area contributed by atoms with Gasteiger partial charge in [-0.3, -0.25) is 4.79 Å². The van der Waals surface area contributed by atoms with Crippen molar-refractivity contribution < 1.29 is 4.79 Å². The number of carbonyl (C=O) groups excluding carboxylic acids is 1. The molecule has 0 aliphatic heterocycles. The van der Waals surface area contributed by atoms with Gasteiger partial charge in [0.1, 0.15) is 0 Å². The Bertz CT molecular complexity index is 596.